The molecule has 1 unspecified atom stereocenters. The molecule has 1 aromatic heterocycles. The Kier molecular flexibility index (Phi) is 8.41. The highest BCUT2D eigenvalue weighted by Gasteiger charge is 2.21. The smallest absolute Gasteiger partial charge is 0.242 e. The van der Waals surface area contributed by atoms with Crippen LogP contribution in [0.15, 0.2) is 14.7 Å². The van der Waals surface area contributed by atoms with Gasteiger partial charge in [-0.25, -0.2) is 13.1 Å². The van der Waals surface area contributed by atoms with E-state index >= 15 is 0 Å². The fourth-order valence-corrected chi connectivity index (χ4v) is 5.90. The van der Waals surface area contributed by atoms with Gasteiger partial charge in [0.05, 0.1) is 3.79 Å². The molecule has 0 aromatic carbocycles. The van der Waals surface area contributed by atoms with Crippen LogP contribution in [0.3, 0.4) is 0 Å². The minimum atomic E-state index is -3.43. The van der Waals surface area contributed by atoms with Crippen LogP contribution in [0.2, 0.25) is 0 Å². The van der Waals surface area contributed by atoms with Crippen molar-refractivity contribution in [2.75, 3.05) is 13.6 Å². The maximum Gasteiger partial charge on any atom is 0.242 e. The molecule has 122 valence electrons. The second-order valence-electron chi connectivity index (χ2n) is 5.15. The first-order valence-electron chi connectivity index (χ1n) is 7.37. The van der Waals surface area contributed by atoms with Gasteiger partial charge in [0, 0.05) is 18.0 Å². The molecule has 21 heavy (non-hydrogen) atoms. The lowest BCUT2D eigenvalue weighted by atomic mass is 10.00. The fourth-order valence-electron chi connectivity index (χ4n) is 2.09. The quantitative estimate of drug-likeness (QED) is 0.633. The van der Waals surface area contributed by atoms with E-state index in [1.54, 1.807) is 6.07 Å². The molecule has 0 aliphatic heterocycles. The number of rotatable bonds is 10. The summed E-state index contributed by atoms with van der Waals surface area (Å²) in [6, 6.07) is 1.74. The van der Waals surface area contributed by atoms with E-state index in [0.717, 1.165) is 30.6 Å². The zero-order valence-corrected chi connectivity index (χ0v) is 16.1. The topological polar surface area (TPSA) is 58.2 Å². The number of hydrogen-bond acceptors (Lipinski definition) is 4. The molecule has 0 saturated heterocycles. The lowest BCUT2D eigenvalue weighted by molar-refractivity contribution is 0.443. The van der Waals surface area contributed by atoms with E-state index in [1.165, 1.54) is 11.3 Å². The van der Waals surface area contributed by atoms with Crippen LogP contribution in [0.5, 0.6) is 0 Å². The van der Waals surface area contributed by atoms with E-state index in [0.29, 0.717) is 27.7 Å². The molecule has 1 aromatic rings. The second-order valence-corrected chi connectivity index (χ2v) is 9.34. The van der Waals surface area contributed by atoms with Gasteiger partial charge in [0.2, 0.25) is 10.0 Å². The summed E-state index contributed by atoms with van der Waals surface area (Å²) in [7, 11) is -1.59. The second kappa shape index (κ2) is 9.25. The lowest BCUT2D eigenvalue weighted by Crippen LogP contribution is -2.29. The fraction of sp³-hybridized carbons (Fsp3) is 0.714. The average molecular weight is 397 g/mol. The van der Waals surface area contributed by atoms with Gasteiger partial charge in [-0.3, -0.25) is 0 Å². The van der Waals surface area contributed by atoms with E-state index in [1.807, 2.05) is 7.05 Å². The van der Waals surface area contributed by atoms with Crippen molar-refractivity contribution in [2.45, 2.75) is 51.0 Å². The highest BCUT2D eigenvalue weighted by molar-refractivity contribution is 9.11. The maximum atomic E-state index is 12.4. The van der Waals surface area contributed by atoms with E-state index in [2.05, 4.69) is 39.8 Å². The third-order valence-corrected chi connectivity index (χ3v) is 7.13. The van der Waals surface area contributed by atoms with E-state index in [4.69, 9.17) is 0 Å². The maximum absolute atomic E-state index is 12.4. The first-order chi connectivity index (χ1) is 9.94. The largest absolute Gasteiger partial charge is 0.315 e. The molecule has 1 atom stereocenters. The Labute approximate surface area is 140 Å². The molecule has 0 radical (unpaired) electrons. The first-order valence-corrected chi connectivity index (χ1v) is 10.5. The van der Waals surface area contributed by atoms with Crippen molar-refractivity contribution in [1.82, 2.24) is 10.0 Å². The molecule has 0 aliphatic rings. The molecule has 2 N–H and O–H groups in total. The molecule has 0 amide bonds. The van der Waals surface area contributed by atoms with Gasteiger partial charge in [0.15, 0.2) is 0 Å². The summed E-state index contributed by atoms with van der Waals surface area (Å²) in [5, 5.41) is 3.03. The summed E-state index contributed by atoms with van der Waals surface area (Å²) < 4.78 is 28.2. The van der Waals surface area contributed by atoms with Crippen LogP contribution in [0.1, 0.15) is 44.4 Å². The van der Waals surface area contributed by atoms with E-state index < -0.39 is 10.0 Å². The number of halogens is 1. The molecule has 1 rings (SSSR count). The minimum Gasteiger partial charge on any atom is -0.315 e. The van der Waals surface area contributed by atoms with Crippen molar-refractivity contribution in [3.8, 4) is 0 Å². The summed E-state index contributed by atoms with van der Waals surface area (Å²) in [5.74, 6) is 0.411. The summed E-state index contributed by atoms with van der Waals surface area (Å²) in [5.41, 5.74) is 0. The van der Waals surface area contributed by atoms with Crippen LogP contribution in [0, 0.1) is 5.92 Å². The van der Waals surface area contributed by atoms with E-state index in [9.17, 15) is 8.42 Å². The summed E-state index contributed by atoms with van der Waals surface area (Å²) in [4.78, 5) is 1.35. The van der Waals surface area contributed by atoms with Crippen molar-refractivity contribution in [3.63, 3.8) is 0 Å². The summed E-state index contributed by atoms with van der Waals surface area (Å²) >= 11 is 4.82. The Bertz CT molecular complexity index is 529. The van der Waals surface area contributed by atoms with Gasteiger partial charge in [-0.1, -0.05) is 33.1 Å². The van der Waals surface area contributed by atoms with Crippen LogP contribution in [-0.4, -0.2) is 22.0 Å². The van der Waals surface area contributed by atoms with Gasteiger partial charge < -0.3 is 5.32 Å². The van der Waals surface area contributed by atoms with Crippen molar-refractivity contribution in [2.24, 2.45) is 5.92 Å². The summed E-state index contributed by atoms with van der Waals surface area (Å²) in [6.45, 7) is 5.46. The minimum absolute atomic E-state index is 0.350. The van der Waals surface area contributed by atoms with Gasteiger partial charge in [-0.05, 0) is 41.4 Å². The van der Waals surface area contributed by atoms with Crippen LogP contribution >= 0.6 is 27.3 Å². The normalized spacial score (nSPS) is 13.5. The Hall–Kier alpha value is 0.0500. The predicted molar refractivity (Wildman–Crippen MR) is 93.3 cm³/mol. The van der Waals surface area contributed by atoms with Crippen LogP contribution in [0.4, 0.5) is 0 Å². The summed E-state index contributed by atoms with van der Waals surface area (Å²) in [6.07, 6.45) is 4.37. The SMILES string of the molecule is CCCCC(CC)CNS(=O)(=O)c1cc(CNC)sc1Br. The Morgan fingerprint density at radius 3 is 2.67 bits per heavy atom. The molecule has 0 aliphatic carbocycles. The molecular formula is C14H25BrN2O2S2. The zero-order chi connectivity index (χ0) is 15.9. The number of nitrogens with one attached hydrogen (secondary N) is 2. The monoisotopic (exact) mass is 396 g/mol. The predicted octanol–water partition coefficient (Wildman–Crippen LogP) is 3.72. The van der Waals surface area contributed by atoms with E-state index in [-0.39, 0.29) is 0 Å². The first kappa shape index (κ1) is 19.1. The van der Waals surface area contributed by atoms with Gasteiger partial charge in [-0.15, -0.1) is 11.3 Å². The molecule has 4 nitrogen and oxygen atoms in total. The van der Waals surface area contributed by atoms with Crippen molar-refractivity contribution < 1.29 is 8.42 Å². The zero-order valence-electron chi connectivity index (χ0n) is 12.9. The molecular weight excluding hydrogens is 372 g/mol. The molecule has 0 fully saturated rings. The number of thiophene rings is 1. The molecule has 0 saturated carbocycles. The Morgan fingerprint density at radius 1 is 1.38 bits per heavy atom. The van der Waals surface area contributed by atoms with Gasteiger partial charge in [-0.2, -0.15) is 0 Å². The molecule has 7 heteroatoms. The number of unbranched alkanes of at least 4 members (excludes halogenated alkanes) is 1. The third-order valence-electron chi connectivity index (χ3n) is 3.45. The van der Waals surface area contributed by atoms with Gasteiger partial charge in [0.25, 0.3) is 0 Å². The van der Waals surface area contributed by atoms with Crippen LogP contribution in [0.25, 0.3) is 0 Å². The Balaban J connectivity index is 2.72. The standard InChI is InChI=1S/C14H25BrN2O2S2/c1-4-6-7-11(5-2)9-17-21(18,19)13-8-12(10-16-3)20-14(13)15/h8,11,16-17H,4-7,9-10H2,1-3H3. The van der Waals surface area contributed by atoms with Crippen molar-refractivity contribution >= 4 is 37.3 Å². The number of hydrogen-bond donors (Lipinski definition) is 2. The lowest BCUT2D eigenvalue weighted by Gasteiger charge is -2.15. The van der Waals surface area contributed by atoms with Crippen molar-refractivity contribution in [1.29, 1.82) is 0 Å². The highest BCUT2D eigenvalue weighted by atomic mass is 79.9. The highest BCUT2D eigenvalue weighted by Crippen LogP contribution is 2.31. The average Bonchev–Trinajstić information content (AvgIpc) is 2.81. The third kappa shape index (κ3) is 5.98. The Morgan fingerprint density at radius 2 is 2.10 bits per heavy atom. The molecule has 0 spiro atoms. The van der Waals surface area contributed by atoms with Crippen molar-refractivity contribution in [3.05, 3.63) is 14.7 Å². The molecule has 1 heterocycles. The number of sulfonamides is 1. The van der Waals surface area contributed by atoms with Gasteiger partial charge >= 0.3 is 0 Å². The van der Waals surface area contributed by atoms with Crippen LogP contribution in [-0.2, 0) is 16.6 Å². The van der Waals surface area contributed by atoms with Crippen LogP contribution < -0.4 is 10.0 Å². The van der Waals surface area contributed by atoms with Gasteiger partial charge in [0.1, 0.15) is 4.90 Å². The molecule has 0 bridgehead atoms.